The van der Waals surface area contributed by atoms with Crippen molar-refractivity contribution >= 4 is 66.5 Å². The lowest BCUT2D eigenvalue weighted by atomic mass is 10.1. The molecule has 0 aromatic heterocycles. The summed E-state index contributed by atoms with van der Waals surface area (Å²) in [5.74, 6) is -1.88. The van der Waals surface area contributed by atoms with Crippen LogP contribution in [0.25, 0.3) is 0 Å². The summed E-state index contributed by atoms with van der Waals surface area (Å²) >= 11 is 15.5. The molecule has 0 bridgehead atoms. The lowest BCUT2D eigenvalue weighted by molar-refractivity contribution is -0.115. The minimum Gasteiger partial charge on any atom is -0.453 e. The van der Waals surface area contributed by atoms with E-state index in [1.54, 1.807) is 0 Å². The molecule has 2 amide bonds. The van der Waals surface area contributed by atoms with Crippen LogP contribution in [0.5, 0.6) is 11.5 Å². The molecule has 0 saturated carbocycles. The normalized spacial score (nSPS) is 16.0. The number of nitrogens with zero attached hydrogens (tertiary/aromatic N) is 1. The van der Waals surface area contributed by atoms with E-state index < -0.39 is 33.5 Å². The molecular weight excluding hydrogens is 648 g/mol. The maximum Gasteiger partial charge on any atom is 0.251 e. The maximum absolute atomic E-state index is 15.3. The Labute approximate surface area is 248 Å². The molecule has 1 heterocycles. The second kappa shape index (κ2) is 12.6. The molecule has 4 rings (SSSR count). The monoisotopic (exact) mass is 667 g/mol. The van der Waals surface area contributed by atoms with Crippen LogP contribution in [0.15, 0.2) is 53.0 Å². The van der Waals surface area contributed by atoms with E-state index in [4.69, 9.17) is 33.2 Å². The third-order valence-electron chi connectivity index (χ3n) is 6.00. The van der Waals surface area contributed by atoms with E-state index in [0.717, 1.165) is 0 Å². The molecule has 1 aliphatic heterocycles. The lowest BCUT2D eigenvalue weighted by Gasteiger charge is -2.23. The van der Waals surface area contributed by atoms with Gasteiger partial charge in [-0.15, -0.1) is 0 Å². The number of sulfone groups is 1. The van der Waals surface area contributed by atoms with E-state index in [-0.39, 0.29) is 66.3 Å². The first kappa shape index (κ1) is 29.8. The molecular formula is C27H21BrCl2FN3O5S. The van der Waals surface area contributed by atoms with Crippen molar-refractivity contribution in [2.75, 3.05) is 16.8 Å². The SMILES string of the molecule is N#Cc1cc(Cl)cc(Oc2c(Br)ccc(CC(=O)Nc3ccc(C(=O)NC4CCCS(=O)(=O)C4)cc3Cl)c2F)c1. The van der Waals surface area contributed by atoms with Gasteiger partial charge in [-0.25, -0.2) is 12.8 Å². The molecule has 1 unspecified atom stereocenters. The van der Waals surface area contributed by atoms with Gasteiger partial charge in [-0.3, -0.25) is 9.59 Å². The Morgan fingerprint density at radius 3 is 2.62 bits per heavy atom. The zero-order valence-corrected chi connectivity index (χ0v) is 24.6. The molecule has 0 aliphatic carbocycles. The minimum absolute atomic E-state index is 0.0350. The topological polar surface area (TPSA) is 125 Å². The first-order chi connectivity index (χ1) is 18.9. The summed E-state index contributed by atoms with van der Waals surface area (Å²) in [7, 11) is -3.19. The molecule has 0 radical (unpaired) electrons. The average molecular weight is 669 g/mol. The molecule has 1 aliphatic rings. The van der Waals surface area contributed by atoms with Crippen LogP contribution in [0.3, 0.4) is 0 Å². The number of ether oxygens (including phenoxy) is 1. The van der Waals surface area contributed by atoms with E-state index in [1.165, 1.54) is 48.5 Å². The van der Waals surface area contributed by atoms with Crippen LogP contribution in [0.4, 0.5) is 10.1 Å². The molecule has 1 atom stereocenters. The van der Waals surface area contributed by atoms with Gasteiger partial charge >= 0.3 is 0 Å². The highest BCUT2D eigenvalue weighted by molar-refractivity contribution is 9.10. The predicted octanol–water partition coefficient (Wildman–Crippen LogP) is 6.05. The molecule has 13 heteroatoms. The highest BCUT2D eigenvalue weighted by Gasteiger charge is 2.26. The van der Waals surface area contributed by atoms with Gasteiger partial charge in [-0.05, 0) is 71.2 Å². The largest absolute Gasteiger partial charge is 0.453 e. The molecule has 1 saturated heterocycles. The summed E-state index contributed by atoms with van der Waals surface area (Å²) in [4.78, 5) is 25.3. The van der Waals surface area contributed by atoms with Gasteiger partial charge in [-0.2, -0.15) is 5.26 Å². The van der Waals surface area contributed by atoms with Crippen LogP contribution < -0.4 is 15.4 Å². The minimum atomic E-state index is -3.19. The second-order valence-corrected chi connectivity index (χ2v) is 13.0. The van der Waals surface area contributed by atoms with E-state index in [0.29, 0.717) is 12.8 Å². The van der Waals surface area contributed by atoms with Crippen molar-refractivity contribution in [2.24, 2.45) is 0 Å². The quantitative estimate of drug-likeness (QED) is 0.316. The smallest absolute Gasteiger partial charge is 0.251 e. The van der Waals surface area contributed by atoms with Crippen molar-refractivity contribution in [2.45, 2.75) is 25.3 Å². The van der Waals surface area contributed by atoms with E-state index in [1.807, 2.05) is 6.07 Å². The first-order valence-electron chi connectivity index (χ1n) is 11.9. The van der Waals surface area contributed by atoms with Gasteiger partial charge < -0.3 is 15.4 Å². The van der Waals surface area contributed by atoms with Crippen LogP contribution >= 0.6 is 39.1 Å². The Hall–Kier alpha value is -3.17. The Bertz CT molecular complexity index is 1650. The Morgan fingerprint density at radius 2 is 1.93 bits per heavy atom. The number of carbonyl (C=O) groups is 2. The van der Waals surface area contributed by atoms with Gasteiger partial charge in [-0.1, -0.05) is 29.3 Å². The number of carbonyl (C=O) groups excluding carboxylic acids is 2. The maximum atomic E-state index is 15.3. The Kier molecular flexibility index (Phi) is 9.36. The second-order valence-electron chi connectivity index (χ2n) is 9.09. The molecule has 2 N–H and O–H groups in total. The van der Waals surface area contributed by atoms with Crippen molar-refractivity contribution in [1.82, 2.24) is 5.32 Å². The molecule has 3 aromatic carbocycles. The fourth-order valence-corrected chi connectivity index (χ4v) is 6.61. The summed E-state index contributed by atoms with van der Waals surface area (Å²) in [5, 5.41) is 14.8. The summed E-state index contributed by atoms with van der Waals surface area (Å²) in [5.41, 5.74) is 0.678. The summed E-state index contributed by atoms with van der Waals surface area (Å²) in [6, 6.07) is 12.9. The van der Waals surface area contributed by atoms with Crippen molar-refractivity contribution in [3.8, 4) is 17.6 Å². The highest BCUT2D eigenvalue weighted by atomic mass is 79.9. The molecule has 8 nitrogen and oxygen atoms in total. The van der Waals surface area contributed by atoms with Gasteiger partial charge in [0.2, 0.25) is 5.91 Å². The standard InChI is InChI=1S/C27H21BrCl2FN3O5S/c28-21-5-3-16(25(31)26(21)39-20-9-15(13-32)8-18(29)12-20)11-24(35)34-23-6-4-17(10-22(23)30)27(36)33-19-2-1-7-40(37,38)14-19/h3-6,8-10,12,19H,1-2,7,11,14H2,(H,33,36)(H,34,35). The Balaban J connectivity index is 1.43. The van der Waals surface area contributed by atoms with Crippen molar-refractivity contribution in [3.05, 3.63) is 85.6 Å². The third kappa shape index (κ3) is 7.52. The van der Waals surface area contributed by atoms with Gasteiger partial charge in [0.25, 0.3) is 5.91 Å². The number of nitriles is 1. The molecule has 208 valence electrons. The van der Waals surface area contributed by atoms with E-state index in [9.17, 15) is 18.0 Å². The number of nitrogens with one attached hydrogen (secondary N) is 2. The number of hydrogen-bond donors (Lipinski definition) is 2. The zero-order valence-electron chi connectivity index (χ0n) is 20.6. The first-order valence-corrected chi connectivity index (χ1v) is 15.3. The van der Waals surface area contributed by atoms with Crippen LogP contribution in [0.2, 0.25) is 10.0 Å². The number of hydrogen-bond acceptors (Lipinski definition) is 6. The van der Waals surface area contributed by atoms with Crippen molar-refractivity contribution in [3.63, 3.8) is 0 Å². The van der Waals surface area contributed by atoms with Crippen LogP contribution in [0, 0.1) is 17.1 Å². The van der Waals surface area contributed by atoms with Gasteiger partial charge in [0, 0.05) is 22.2 Å². The lowest BCUT2D eigenvalue weighted by Crippen LogP contribution is -2.43. The number of amides is 2. The van der Waals surface area contributed by atoms with Gasteiger partial charge in [0.05, 0.1) is 44.7 Å². The van der Waals surface area contributed by atoms with Crippen molar-refractivity contribution < 1.29 is 27.1 Å². The summed E-state index contributed by atoms with van der Waals surface area (Å²) < 4.78 is 44.9. The van der Waals surface area contributed by atoms with Crippen LogP contribution in [-0.2, 0) is 21.1 Å². The van der Waals surface area contributed by atoms with E-state index >= 15 is 4.39 Å². The molecule has 40 heavy (non-hydrogen) atoms. The van der Waals surface area contributed by atoms with Crippen LogP contribution in [0.1, 0.15) is 34.3 Å². The number of benzene rings is 3. The fourth-order valence-electron chi connectivity index (χ4n) is 4.14. The highest BCUT2D eigenvalue weighted by Crippen LogP contribution is 2.36. The Morgan fingerprint density at radius 1 is 1.15 bits per heavy atom. The summed E-state index contributed by atoms with van der Waals surface area (Å²) in [6.07, 6.45) is 0.684. The number of rotatable bonds is 7. The average Bonchev–Trinajstić information content (AvgIpc) is 2.88. The van der Waals surface area contributed by atoms with E-state index in [2.05, 4.69) is 26.6 Å². The number of anilines is 1. The number of halogens is 4. The fraction of sp³-hybridized carbons (Fsp3) is 0.222. The zero-order chi connectivity index (χ0) is 29.0. The van der Waals surface area contributed by atoms with Gasteiger partial charge in [0.15, 0.2) is 21.4 Å². The van der Waals surface area contributed by atoms with Crippen molar-refractivity contribution in [1.29, 1.82) is 5.26 Å². The molecule has 3 aromatic rings. The van der Waals surface area contributed by atoms with Crippen LogP contribution in [-0.4, -0.2) is 37.8 Å². The molecule has 0 spiro atoms. The molecule has 1 fully saturated rings. The predicted molar refractivity (Wildman–Crippen MR) is 153 cm³/mol. The van der Waals surface area contributed by atoms with Gasteiger partial charge in [0.1, 0.15) is 5.75 Å². The third-order valence-corrected chi connectivity index (χ3v) is 8.98. The summed E-state index contributed by atoms with van der Waals surface area (Å²) in [6.45, 7) is 0.